The summed E-state index contributed by atoms with van der Waals surface area (Å²) in [4.78, 5) is 3.85. The summed E-state index contributed by atoms with van der Waals surface area (Å²) >= 11 is 5.91. The molecule has 0 aliphatic heterocycles. The number of aliphatic imine (C=N–C) groups is 1. The molecule has 0 N–H and O–H groups in total. The van der Waals surface area contributed by atoms with E-state index in [2.05, 4.69) is 18.3 Å². The molecule has 0 fully saturated rings. The van der Waals surface area contributed by atoms with Crippen molar-refractivity contribution in [1.29, 1.82) is 0 Å². The lowest BCUT2D eigenvalue weighted by Gasteiger charge is -2.17. The van der Waals surface area contributed by atoms with Crippen LogP contribution in [0.1, 0.15) is 13.3 Å². The maximum atomic E-state index is 5.91. The number of rotatable bonds is 6. The van der Waals surface area contributed by atoms with Crippen LogP contribution >= 0.6 is 11.6 Å². The molecule has 0 rings (SSSR count). The Morgan fingerprint density at radius 2 is 2.31 bits per heavy atom. The van der Waals surface area contributed by atoms with Crippen molar-refractivity contribution in [3.05, 3.63) is 24.4 Å². The topological polar surface area (TPSA) is 21.6 Å². The van der Waals surface area contributed by atoms with Crippen LogP contribution in [0.3, 0.4) is 0 Å². The summed E-state index contributed by atoms with van der Waals surface area (Å²) in [5.74, 6) is 0. The second-order valence-corrected chi connectivity index (χ2v) is 3.40. The first kappa shape index (κ1) is 12.4. The molecule has 2 nitrogen and oxygen atoms in total. The van der Waals surface area contributed by atoms with Gasteiger partial charge in [-0.1, -0.05) is 12.7 Å². The van der Waals surface area contributed by atoms with E-state index in [0.717, 1.165) is 5.70 Å². The van der Waals surface area contributed by atoms with Crippen molar-refractivity contribution in [2.45, 2.75) is 24.8 Å². The summed E-state index contributed by atoms with van der Waals surface area (Å²) in [7, 11) is 1.64. The molecule has 0 aromatic carbocycles. The molecule has 3 heteroatoms. The van der Waals surface area contributed by atoms with Crippen molar-refractivity contribution < 1.29 is 4.74 Å². The molecule has 1 unspecified atom stereocenters. The molecule has 0 spiro atoms. The fourth-order valence-corrected chi connectivity index (χ4v) is 1.15. The standard InChI is InChI=1S/C10H16ClNO/c1-5-6-9(12-3)7-10(13-4)8(2)11/h5-6,8,10H,1,3,7H2,2,4H3/b9-6+/t8?,10-/m1/s1. The van der Waals surface area contributed by atoms with Crippen LogP contribution in [0.5, 0.6) is 0 Å². The van der Waals surface area contributed by atoms with Gasteiger partial charge in [0.05, 0.1) is 11.5 Å². The Balaban J connectivity index is 4.27. The number of hydrogen-bond acceptors (Lipinski definition) is 2. The Morgan fingerprint density at radius 1 is 1.69 bits per heavy atom. The first-order valence-corrected chi connectivity index (χ1v) is 4.54. The monoisotopic (exact) mass is 201 g/mol. The summed E-state index contributed by atoms with van der Waals surface area (Å²) in [6.07, 6.45) is 4.11. The van der Waals surface area contributed by atoms with E-state index in [1.165, 1.54) is 0 Å². The van der Waals surface area contributed by atoms with Crippen LogP contribution in [-0.2, 0) is 4.74 Å². The zero-order chi connectivity index (χ0) is 10.3. The first-order valence-electron chi connectivity index (χ1n) is 4.10. The zero-order valence-electron chi connectivity index (χ0n) is 8.16. The van der Waals surface area contributed by atoms with Crippen LogP contribution in [0.4, 0.5) is 0 Å². The molecule has 0 saturated heterocycles. The highest BCUT2D eigenvalue weighted by atomic mass is 35.5. The van der Waals surface area contributed by atoms with E-state index in [9.17, 15) is 0 Å². The predicted octanol–water partition coefficient (Wildman–Crippen LogP) is 2.79. The fourth-order valence-electron chi connectivity index (χ4n) is 0.961. The molecule has 0 aliphatic rings. The summed E-state index contributed by atoms with van der Waals surface area (Å²) in [5, 5.41) is -0.0417. The smallest absolute Gasteiger partial charge is 0.0787 e. The molecule has 0 amide bonds. The molecule has 74 valence electrons. The molecule has 0 aromatic heterocycles. The summed E-state index contributed by atoms with van der Waals surface area (Å²) in [6, 6.07) is 0. The Hall–Kier alpha value is -0.600. The maximum absolute atomic E-state index is 5.91. The molecule has 2 atom stereocenters. The molecule has 13 heavy (non-hydrogen) atoms. The van der Waals surface area contributed by atoms with Gasteiger partial charge in [-0.25, -0.2) is 0 Å². The highest BCUT2D eigenvalue weighted by Crippen LogP contribution is 2.15. The van der Waals surface area contributed by atoms with Gasteiger partial charge in [0.15, 0.2) is 0 Å². The number of halogens is 1. The molecule has 0 aliphatic carbocycles. The lowest BCUT2D eigenvalue weighted by molar-refractivity contribution is 0.102. The van der Waals surface area contributed by atoms with Crippen LogP contribution in [0.15, 0.2) is 29.4 Å². The van der Waals surface area contributed by atoms with Gasteiger partial charge in [-0.05, 0) is 19.7 Å². The van der Waals surface area contributed by atoms with Crippen LogP contribution in [0.2, 0.25) is 0 Å². The molecule has 0 aromatic rings. The van der Waals surface area contributed by atoms with E-state index in [0.29, 0.717) is 6.42 Å². The van der Waals surface area contributed by atoms with Gasteiger partial charge in [0.1, 0.15) is 0 Å². The largest absolute Gasteiger partial charge is 0.380 e. The molecule has 0 radical (unpaired) electrons. The van der Waals surface area contributed by atoms with Crippen LogP contribution in [-0.4, -0.2) is 25.3 Å². The van der Waals surface area contributed by atoms with E-state index in [1.54, 1.807) is 19.3 Å². The van der Waals surface area contributed by atoms with Gasteiger partial charge in [0, 0.05) is 19.2 Å². The first-order chi connectivity index (χ1) is 6.15. The molecular formula is C10H16ClNO. The van der Waals surface area contributed by atoms with Crippen molar-refractivity contribution in [3.63, 3.8) is 0 Å². The third kappa shape index (κ3) is 4.86. The van der Waals surface area contributed by atoms with Crippen molar-refractivity contribution >= 4 is 18.3 Å². The van der Waals surface area contributed by atoms with Gasteiger partial charge in [0.25, 0.3) is 0 Å². The lowest BCUT2D eigenvalue weighted by atomic mass is 10.1. The van der Waals surface area contributed by atoms with Gasteiger partial charge >= 0.3 is 0 Å². The molecule has 0 bridgehead atoms. The number of hydrogen-bond donors (Lipinski definition) is 0. The quantitative estimate of drug-likeness (QED) is 0.368. The number of allylic oxidation sites excluding steroid dienone is 2. The Kier molecular flexibility index (Phi) is 6.55. The second kappa shape index (κ2) is 6.87. The number of methoxy groups -OCH3 is 1. The van der Waals surface area contributed by atoms with Gasteiger partial charge in [-0.15, -0.1) is 11.6 Å². The van der Waals surface area contributed by atoms with Crippen molar-refractivity contribution in [2.24, 2.45) is 4.99 Å². The van der Waals surface area contributed by atoms with E-state index >= 15 is 0 Å². The van der Waals surface area contributed by atoms with Crippen molar-refractivity contribution in [1.82, 2.24) is 0 Å². The zero-order valence-corrected chi connectivity index (χ0v) is 8.92. The van der Waals surface area contributed by atoms with Crippen LogP contribution in [0.25, 0.3) is 0 Å². The number of alkyl halides is 1. The second-order valence-electron chi connectivity index (χ2n) is 2.71. The Morgan fingerprint density at radius 3 is 2.62 bits per heavy atom. The summed E-state index contributed by atoms with van der Waals surface area (Å²) < 4.78 is 5.20. The third-order valence-electron chi connectivity index (χ3n) is 1.74. The minimum Gasteiger partial charge on any atom is -0.380 e. The Labute approximate surface area is 85.0 Å². The highest BCUT2D eigenvalue weighted by molar-refractivity contribution is 6.20. The van der Waals surface area contributed by atoms with E-state index in [1.807, 2.05) is 6.92 Å². The predicted molar refractivity (Wildman–Crippen MR) is 58.6 cm³/mol. The lowest BCUT2D eigenvalue weighted by Crippen LogP contribution is -2.20. The molecule has 0 heterocycles. The fraction of sp³-hybridized carbons (Fsp3) is 0.500. The Bertz CT molecular complexity index is 199. The minimum atomic E-state index is -0.0417. The third-order valence-corrected chi connectivity index (χ3v) is 2.02. The normalized spacial score (nSPS) is 16.4. The molecular weight excluding hydrogens is 186 g/mol. The maximum Gasteiger partial charge on any atom is 0.0787 e. The highest BCUT2D eigenvalue weighted by Gasteiger charge is 2.15. The van der Waals surface area contributed by atoms with Crippen LogP contribution in [0, 0.1) is 0 Å². The van der Waals surface area contributed by atoms with Gasteiger partial charge < -0.3 is 4.74 Å². The minimum absolute atomic E-state index is 0.0293. The average Bonchev–Trinajstić information content (AvgIpc) is 2.11. The van der Waals surface area contributed by atoms with Gasteiger partial charge in [-0.2, -0.15) is 0 Å². The van der Waals surface area contributed by atoms with E-state index < -0.39 is 0 Å². The van der Waals surface area contributed by atoms with Crippen molar-refractivity contribution in [3.8, 4) is 0 Å². The number of ether oxygens (including phenoxy) is 1. The van der Waals surface area contributed by atoms with E-state index in [4.69, 9.17) is 16.3 Å². The average molecular weight is 202 g/mol. The molecule has 0 saturated carbocycles. The van der Waals surface area contributed by atoms with Gasteiger partial charge in [-0.3, -0.25) is 4.99 Å². The number of nitrogens with zero attached hydrogens (tertiary/aromatic N) is 1. The van der Waals surface area contributed by atoms with Gasteiger partial charge in [0.2, 0.25) is 0 Å². The SMILES string of the molecule is C=C/C=C(\C[C@@H](OC)C(C)Cl)N=C. The summed E-state index contributed by atoms with van der Waals surface area (Å²) in [5.41, 5.74) is 0.842. The van der Waals surface area contributed by atoms with Crippen molar-refractivity contribution in [2.75, 3.05) is 7.11 Å². The van der Waals surface area contributed by atoms with E-state index in [-0.39, 0.29) is 11.5 Å². The van der Waals surface area contributed by atoms with Crippen LogP contribution < -0.4 is 0 Å². The summed E-state index contributed by atoms with van der Waals surface area (Å²) in [6.45, 7) is 8.94.